The number of ether oxygens (including phenoxy) is 1. The molecule has 0 amide bonds. The first kappa shape index (κ1) is 10.0. The Bertz CT molecular complexity index is 189. The molecule has 0 aliphatic heterocycles. The Morgan fingerprint density at radius 3 is 2.92 bits per heavy atom. The van der Waals surface area contributed by atoms with Crippen LogP contribution in [0.2, 0.25) is 0 Å². The molecule has 0 unspecified atom stereocenters. The molecular formula is C9H13IO2. The van der Waals surface area contributed by atoms with E-state index in [2.05, 4.69) is 28.7 Å². The lowest BCUT2D eigenvalue weighted by atomic mass is 9.97. The van der Waals surface area contributed by atoms with Gasteiger partial charge in [0.2, 0.25) is 0 Å². The summed E-state index contributed by atoms with van der Waals surface area (Å²) in [6.45, 7) is 0. The molecule has 1 rings (SSSR count). The number of hydrogen-bond acceptors (Lipinski definition) is 2. The number of carbonyl (C=O) groups is 1. The van der Waals surface area contributed by atoms with Crippen LogP contribution >= 0.6 is 22.6 Å². The van der Waals surface area contributed by atoms with E-state index in [1.54, 1.807) is 0 Å². The van der Waals surface area contributed by atoms with Crippen LogP contribution in [0.1, 0.15) is 19.3 Å². The fraction of sp³-hybridized carbons (Fsp3) is 0.667. The van der Waals surface area contributed by atoms with Crippen molar-refractivity contribution < 1.29 is 9.53 Å². The molecule has 0 aromatic rings. The molecular weight excluding hydrogens is 267 g/mol. The minimum absolute atomic E-state index is 0.0491. The number of esters is 1. The zero-order valence-corrected chi connectivity index (χ0v) is 9.28. The van der Waals surface area contributed by atoms with Gasteiger partial charge in [0.05, 0.1) is 13.0 Å². The maximum atomic E-state index is 11.2. The van der Waals surface area contributed by atoms with Gasteiger partial charge in [-0.15, -0.1) is 0 Å². The largest absolute Gasteiger partial charge is 0.469 e. The molecule has 0 spiro atoms. The standard InChI is InChI=1S/C9H13IO2/c1-12-9(11)8-4-2-3-7(8)5-6-10/h5-8H,2-4H2,1H3/b6-5+/t7-,8+/m0/s1. The van der Waals surface area contributed by atoms with E-state index in [-0.39, 0.29) is 11.9 Å². The van der Waals surface area contributed by atoms with Crippen LogP contribution in [0.5, 0.6) is 0 Å². The highest BCUT2D eigenvalue weighted by Gasteiger charge is 2.31. The molecule has 0 aromatic heterocycles. The van der Waals surface area contributed by atoms with E-state index >= 15 is 0 Å². The van der Waals surface area contributed by atoms with Crippen molar-refractivity contribution in [3.05, 3.63) is 10.2 Å². The molecule has 0 heterocycles. The van der Waals surface area contributed by atoms with E-state index in [9.17, 15) is 4.79 Å². The minimum Gasteiger partial charge on any atom is -0.469 e. The maximum absolute atomic E-state index is 11.2. The highest BCUT2D eigenvalue weighted by atomic mass is 127. The zero-order chi connectivity index (χ0) is 8.97. The molecule has 68 valence electrons. The highest BCUT2D eigenvalue weighted by molar-refractivity contribution is 14.1. The summed E-state index contributed by atoms with van der Waals surface area (Å²) in [4.78, 5) is 11.2. The molecule has 1 aliphatic rings. The average Bonchev–Trinajstić information content (AvgIpc) is 2.52. The second kappa shape index (κ2) is 4.84. The summed E-state index contributed by atoms with van der Waals surface area (Å²) in [5.41, 5.74) is 0. The van der Waals surface area contributed by atoms with Crippen LogP contribution in [0.4, 0.5) is 0 Å². The van der Waals surface area contributed by atoms with Gasteiger partial charge in [-0.2, -0.15) is 0 Å². The van der Waals surface area contributed by atoms with Crippen molar-refractivity contribution in [2.24, 2.45) is 11.8 Å². The molecule has 12 heavy (non-hydrogen) atoms. The fourth-order valence-electron chi connectivity index (χ4n) is 1.76. The summed E-state index contributed by atoms with van der Waals surface area (Å²) < 4.78 is 6.73. The van der Waals surface area contributed by atoms with Crippen LogP contribution in [0, 0.1) is 11.8 Å². The number of halogens is 1. The van der Waals surface area contributed by atoms with Crippen molar-refractivity contribution in [2.75, 3.05) is 7.11 Å². The Morgan fingerprint density at radius 2 is 2.33 bits per heavy atom. The normalized spacial score (nSPS) is 29.5. The predicted octanol–water partition coefficient (Wildman–Crippen LogP) is 2.52. The van der Waals surface area contributed by atoms with Gasteiger partial charge in [0.15, 0.2) is 0 Å². The molecule has 0 aromatic carbocycles. The Hall–Kier alpha value is -0.0600. The summed E-state index contributed by atoms with van der Waals surface area (Å²) in [6, 6.07) is 0. The summed E-state index contributed by atoms with van der Waals surface area (Å²) in [7, 11) is 1.46. The van der Waals surface area contributed by atoms with Gasteiger partial charge in [-0.3, -0.25) is 4.79 Å². The Balaban J connectivity index is 2.57. The minimum atomic E-state index is -0.0491. The number of carbonyl (C=O) groups excluding carboxylic acids is 1. The summed E-state index contributed by atoms with van der Waals surface area (Å²) in [5, 5.41) is 0. The second-order valence-corrected chi connectivity index (χ2v) is 3.76. The third-order valence-electron chi connectivity index (χ3n) is 2.39. The summed E-state index contributed by atoms with van der Waals surface area (Å²) in [5.74, 6) is 0.474. The van der Waals surface area contributed by atoms with E-state index in [0.29, 0.717) is 5.92 Å². The van der Waals surface area contributed by atoms with Gasteiger partial charge >= 0.3 is 5.97 Å². The molecule has 0 N–H and O–H groups in total. The van der Waals surface area contributed by atoms with Gasteiger partial charge in [-0.25, -0.2) is 0 Å². The maximum Gasteiger partial charge on any atom is 0.309 e. The molecule has 0 radical (unpaired) electrons. The first-order valence-electron chi connectivity index (χ1n) is 4.14. The van der Waals surface area contributed by atoms with Gasteiger partial charge in [0, 0.05) is 0 Å². The third-order valence-corrected chi connectivity index (χ3v) is 2.81. The van der Waals surface area contributed by atoms with Crippen LogP contribution in [-0.2, 0) is 9.53 Å². The first-order chi connectivity index (χ1) is 5.79. The summed E-state index contributed by atoms with van der Waals surface area (Å²) in [6.07, 6.45) is 5.36. The SMILES string of the molecule is COC(=O)[C@@H]1CCC[C@H]1/C=C/I. The van der Waals surface area contributed by atoms with Crippen molar-refractivity contribution in [1.82, 2.24) is 0 Å². The van der Waals surface area contributed by atoms with E-state index in [4.69, 9.17) is 4.74 Å². The van der Waals surface area contributed by atoms with Crippen molar-refractivity contribution in [2.45, 2.75) is 19.3 Å². The lowest BCUT2D eigenvalue weighted by Crippen LogP contribution is -2.18. The lowest BCUT2D eigenvalue weighted by molar-refractivity contribution is -0.146. The third kappa shape index (κ3) is 2.21. The first-order valence-corrected chi connectivity index (χ1v) is 5.39. The van der Waals surface area contributed by atoms with Crippen LogP contribution in [0.15, 0.2) is 10.2 Å². The van der Waals surface area contributed by atoms with Gasteiger partial charge in [0.25, 0.3) is 0 Å². The van der Waals surface area contributed by atoms with Crippen molar-refractivity contribution in [3.63, 3.8) is 0 Å². The number of hydrogen-bond donors (Lipinski definition) is 0. The molecule has 3 heteroatoms. The molecule has 0 saturated heterocycles. The number of rotatable bonds is 2. The quantitative estimate of drug-likeness (QED) is 0.574. The van der Waals surface area contributed by atoms with Gasteiger partial charge < -0.3 is 4.74 Å². The van der Waals surface area contributed by atoms with Crippen LogP contribution in [0.3, 0.4) is 0 Å². The van der Waals surface area contributed by atoms with Crippen LogP contribution in [0.25, 0.3) is 0 Å². The van der Waals surface area contributed by atoms with E-state index in [0.717, 1.165) is 19.3 Å². The highest BCUT2D eigenvalue weighted by Crippen LogP contribution is 2.33. The monoisotopic (exact) mass is 280 g/mol. The fourth-order valence-corrected chi connectivity index (χ4v) is 2.29. The Morgan fingerprint density at radius 1 is 1.58 bits per heavy atom. The lowest BCUT2D eigenvalue weighted by Gasteiger charge is -2.12. The van der Waals surface area contributed by atoms with Crippen molar-refractivity contribution >= 4 is 28.6 Å². The van der Waals surface area contributed by atoms with Crippen molar-refractivity contribution in [1.29, 1.82) is 0 Å². The second-order valence-electron chi connectivity index (χ2n) is 3.04. The number of methoxy groups -OCH3 is 1. The molecule has 2 nitrogen and oxygen atoms in total. The van der Waals surface area contributed by atoms with E-state index in [1.165, 1.54) is 7.11 Å². The topological polar surface area (TPSA) is 26.3 Å². The molecule has 2 atom stereocenters. The number of allylic oxidation sites excluding steroid dienone is 1. The van der Waals surface area contributed by atoms with E-state index in [1.807, 2.05) is 4.08 Å². The molecule has 1 fully saturated rings. The molecule has 1 saturated carbocycles. The van der Waals surface area contributed by atoms with Gasteiger partial charge in [-0.1, -0.05) is 35.1 Å². The van der Waals surface area contributed by atoms with Gasteiger partial charge in [0.1, 0.15) is 0 Å². The summed E-state index contributed by atoms with van der Waals surface area (Å²) >= 11 is 2.19. The Labute approximate surface area is 86.5 Å². The predicted molar refractivity (Wildman–Crippen MR) is 56.0 cm³/mol. The van der Waals surface area contributed by atoms with Gasteiger partial charge in [-0.05, 0) is 22.8 Å². The van der Waals surface area contributed by atoms with Crippen molar-refractivity contribution in [3.8, 4) is 0 Å². The zero-order valence-electron chi connectivity index (χ0n) is 7.13. The van der Waals surface area contributed by atoms with Crippen LogP contribution < -0.4 is 0 Å². The molecule has 0 bridgehead atoms. The smallest absolute Gasteiger partial charge is 0.309 e. The van der Waals surface area contributed by atoms with Crippen LogP contribution in [-0.4, -0.2) is 13.1 Å². The molecule has 1 aliphatic carbocycles. The average molecular weight is 280 g/mol. The Kier molecular flexibility index (Phi) is 4.05. The van der Waals surface area contributed by atoms with E-state index < -0.39 is 0 Å².